The molecule has 0 bridgehead atoms. The van der Waals surface area contributed by atoms with Crippen LogP contribution in [0.3, 0.4) is 0 Å². The normalized spacial score (nSPS) is 17.4. The molecule has 1 saturated heterocycles. The minimum absolute atomic E-state index is 0.352. The highest BCUT2D eigenvalue weighted by atomic mass is 32.1. The Bertz CT molecular complexity index is 368. The lowest BCUT2D eigenvalue weighted by Gasteiger charge is -2.33. The standard InChI is InChI=1S/C11H16N4S/c1-14-4-6-15(7-5-14)9-2-3-10(11(12)16)13-8-9/h2-3,8H,4-7H2,1H3,(H2,12,16). The molecule has 1 aromatic rings. The van der Waals surface area contributed by atoms with E-state index in [0.717, 1.165) is 31.9 Å². The second kappa shape index (κ2) is 4.76. The van der Waals surface area contributed by atoms with Crippen LogP contribution in [-0.2, 0) is 0 Å². The Hall–Kier alpha value is -1.20. The molecule has 5 heteroatoms. The number of hydrogen-bond acceptors (Lipinski definition) is 4. The van der Waals surface area contributed by atoms with Gasteiger partial charge in [-0.05, 0) is 19.2 Å². The summed E-state index contributed by atoms with van der Waals surface area (Å²) in [4.78, 5) is 9.26. The minimum Gasteiger partial charge on any atom is -0.388 e. The molecule has 0 saturated carbocycles. The van der Waals surface area contributed by atoms with E-state index < -0.39 is 0 Å². The summed E-state index contributed by atoms with van der Waals surface area (Å²) < 4.78 is 0. The van der Waals surface area contributed by atoms with E-state index in [1.807, 2.05) is 18.3 Å². The van der Waals surface area contributed by atoms with E-state index in [-0.39, 0.29) is 0 Å². The average Bonchev–Trinajstić information content (AvgIpc) is 2.30. The number of pyridine rings is 1. The molecule has 1 aromatic heterocycles. The molecule has 0 aliphatic carbocycles. The smallest absolute Gasteiger partial charge is 0.122 e. The third kappa shape index (κ3) is 2.48. The van der Waals surface area contributed by atoms with Crippen molar-refractivity contribution >= 4 is 22.9 Å². The molecule has 0 radical (unpaired) electrons. The predicted octanol–water partition coefficient (Wildman–Crippen LogP) is 0.468. The van der Waals surface area contributed by atoms with Crippen molar-refractivity contribution in [2.24, 2.45) is 5.73 Å². The molecule has 1 aliphatic heterocycles. The van der Waals surface area contributed by atoms with Gasteiger partial charge in [0.05, 0.1) is 17.6 Å². The quantitative estimate of drug-likeness (QED) is 0.756. The fourth-order valence-electron chi connectivity index (χ4n) is 1.78. The van der Waals surface area contributed by atoms with Gasteiger partial charge in [0.15, 0.2) is 0 Å². The van der Waals surface area contributed by atoms with Crippen LogP contribution >= 0.6 is 12.2 Å². The SMILES string of the molecule is CN1CCN(c2ccc(C(N)=S)nc2)CC1. The first-order chi connectivity index (χ1) is 7.66. The monoisotopic (exact) mass is 236 g/mol. The summed E-state index contributed by atoms with van der Waals surface area (Å²) in [5, 5.41) is 0. The maximum Gasteiger partial charge on any atom is 0.122 e. The molecule has 0 amide bonds. The van der Waals surface area contributed by atoms with Gasteiger partial charge in [-0.2, -0.15) is 0 Å². The van der Waals surface area contributed by atoms with E-state index in [1.54, 1.807) is 0 Å². The van der Waals surface area contributed by atoms with E-state index in [0.29, 0.717) is 10.7 Å². The van der Waals surface area contributed by atoms with Crippen LogP contribution in [0, 0.1) is 0 Å². The van der Waals surface area contributed by atoms with Gasteiger partial charge in [0.1, 0.15) is 4.99 Å². The zero-order chi connectivity index (χ0) is 11.5. The zero-order valence-electron chi connectivity index (χ0n) is 9.39. The third-order valence-electron chi connectivity index (χ3n) is 2.87. The van der Waals surface area contributed by atoms with Crippen LogP contribution in [0.25, 0.3) is 0 Å². The minimum atomic E-state index is 0.352. The van der Waals surface area contributed by atoms with Gasteiger partial charge in [0, 0.05) is 26.2 Å². The topological polar surface area (TPSA) is 45.4 Å². The molecule has 86 valence electrons. The van der Waals surface area contributed by atoms with Gasteiger partial charge >= 0.3 is 0 Å². The molecule has 1 fully saturated rings. The average molecular weight is 236 g/mol. The molecule has 2 rings (SSSR count). The highest BCUT2D eigenvalue weighted by Crippen LogP contribution is 2.14. The first kappa shape index (κ1) is 11.3. The molecule has 2 heterocycles. The number of aromatic nitrogens is 1. The molecule has 0 unspecified atom stereocenters. The molecule has 0 atom stereocenters. The highest BCUT2D eigenvalue weighted by molar-refractivity contribution is 7.80. The Morgan fingerprint density at radius 1 is 1.31 bits per heavy atom. The lowest BCUT2D eigenvalue weighted by atomic mass is 10.2. The molecular weight excluding hydrogens is 220 g/mol. The predicted molar refractivity (Wildman–Crippen MR) is 69.8 cm³/mol. The van der Waals surface area contributed by atoms with Crippen LogP contribution in [0.5, 0.6) is 0 Å². The number of thiocarbonyl (C=S) groups is 1. The summed E-state index contributed by atoms with van der Waals surface area (Å²) in [6.07, 6.45) is 1.85. The van der Waals surface area contributed by atoms with Crippen LogP contribution in [0.4, 0.5) is 5.69 Å². The number of nitrogens with two attached hydrogens (primary N) is 1. The van der Waals surface area contributed by atoms with Gasteiger partial charge < -0.3 is 15.5 Å². The number of rotatable bonds is 2. The maximum absolute atomic E-state index is 5.51. The summed E-state index contributed by atoms with van der Waals surface area (Å²) in [7, 11) is 2.14. The molecule has 4 nitrogen and oxygen atoms in total. The van der Waals surface area contributed by atoms with Gasteiger partial charge in [-0.3, -0.25) is 4.98 Å². The number of anilines is 1. The third-order valence-corrected chi connectivity index (χ3v) is 3.08. The van der Waals surface area contributed by atoms with Crippen LogP contribution in [-0.4, -0.2) is 48.1 Å². The van der Waals surface area contributed by atoms with Crippen molar-refractivity contribution in [3.05, 3.63) is 24.0 Å². The first-order valence-corrected chi connectivity index (χ1v) is 5.77. The van der Waals surface area contributed by atoms with Crippen molar-refractivity contribution in [1.29, 1.82) is 0 Å². The van der Waals surface area contributed by atoms with Crippen molar-refractivity contribution in [3.63, 3.8) is 0 Å². The van der Waals surface area contributed by atoms with E-state index in [9.17, 15) is 0 Å². The lowest BCUT2D eigenvalue weighted by Crippen LogP contribution is -2.44. The Morgan fingerprint density at radius 3 is 2.50 bits per heavy atom. The Balaban J connectivity index is 2.07. The second-order valence-electron chi connectivity index (χ2n) is 4.06. The molecule has 2 N–H and O–H groups in total. The van der Waals surface area contributed by atoms with Gasteiger partial charge in [0.25, 0.3) is 0 Å². The van der Waals surface area contributed by atoms with Gasteiger partial charge in [0.2, 0.25) is 0 Å². The fourth-order valence-corrected chi connectivity index (χ4v) is 1.90. The van der Waals surface area contributed by atoms with E-state index in [4.69, 9.17) is 18.0 Å². The van der Waals surface area contributed by atoms with Crippen LogP contribution in [0.2, 0.25) is 0 Å². The van der Waals surface area contributed by atoms with Gasteiger partial charge in [-0.25, -0.2) is 0 Å². The number of piperazine rings is 1. The second-order valence-corrected chi connectivity index (χ2v) is 4.50. The molecule has 0 spiro atoms. The summed E-state index contributed by atoms with van der Waals surface area (Å²) in [5.41, 5.74) is 7.34. The van der Waals surface area contributed by atoms with Crippen molar-refractivity contribution in [3.8, 4) is 0 Å². The Morgan fingerprint density at radius 2 is 2.00 bits per heavy atom. The van der Waals surface area contributed by atoms with Gasteiger partial charge in [-0.1, -0.05) is 12.2 Å². The fraction of sp³-hybridized carbons (Fsp3) is 0.455. The lowest BCUT2D eigenvalue weighted by molar-refractivity contribution is 0.313. The van der Waals surface area contributed by atoms with Crippen molar-refractivity contribution in [2.75, 3.05) is 38.1 Å². The molecule has 16 heavy (non-hydrogen) atoms. The van der Waals surface area contributed by atoms with E-state index in [2.05, 4.69) is 21.8 Å². The Kier molecular flexibility index (Phi) is 3.36. The van der Waals surface area contributed by atoms with Crippen molar-refractivity contribution in [2.45, 2.75) is 0 Å². The molecule has 0 aromatic carbocycles. The summed E-state index contributed by atoms with van der Waals surface area (Å²) in [6, 6.07) is 3.92. The molecular formula is C11H16N4S. The maximum atomic E-state index is 5.51. The first-order valence-electron chi connectivity index (χ1n) is 5.36. The van der Waals surface area contributed by atoms with Crippen LogP contribution in [0.1, 0.15) is 5.69 Å². The summed E-state index contributed by atoms with van der Waals surface area (Å²) in [5.74, 6) is 0. The zero-order valence-corrected chi connectivity index (χ0v) is 10.2. The Labute approximate surface area is 101 Å². The van der Waals surface area contributed by atoms with Crippen LogP contribution < -0.4 is 10.6 Å². The van der Waals surface area contributed by atoms with Crippen LogP contribution in [0.15, 0.2) is 18.3 Å². The van der Waals surface area contributed by atoms with Crippen molar-refractivity contribution in [1.82, 2.24) is 9.88 Å². The van der Waals surface area contributed by atoms with E-state index in [1.165, 1.54) is 0 Å². The van der Waals surface area contributed by atoms with Gasteiger partial charge in [-0.15, -0.1) is 0 Å². The van der Waals surface area contributed by atoms with Crippen molar-refractivity contribution < 1.29 is 0 Å². The number of nitrogens with zero attached hydrogens (tertiary/aromatic N) is 3. The number of likely N-dealkylation sites (N-methyl/N-ethyl adjacent to an activating group) is 1. The number of hydrogen-bond donors (Lipinski definition) is 1. The summed E-state index contributed by atoms with van der Waals surface area (Å²) in [6.45, 7) is 4.28. The largest absolute Gasteiger partial charge is 0.388 e. The highest BCUT2D eigenvalue weighted by Gasteiger charge is 2.14. The van der Waals surface area contributed by atoms with E-state index >= 15 is 0 Å². The molecule has 1 aliphatic rings. The summed E-state index contributed by atoms with van der Waals surface area (Å²) >= 11 is 4.87.